The van der Waals surface area contributed by atoms with Crippen LogP contribution >= 0.6 is 23.2 Å². The Morgan fingerprint density at radius 3 is 2.48 bits per heavy atom. The second-order valence-electron chi connectivity index (χ2n) is 8.13. The molecule has 2 aliphatic rings. The van der Waals surface area contributed by atoms with E-state index in [0.29, 0.717) is 77.7 Å². The quantitative estimate of drug-likeness (QED) is 0.490. The van der Waals surface area contributed by atoms with Gasteiger partial charge in [0.05, 0.1) is 30.4 Å². The number of aromatic nitrogens is 4. The molecule has 0 unspecified atom stereocenters. The Morgan fingerprint density at radius 1 is 1.15 bits per heavy atom. The van der Waals surface area contributed by atoms with E-state index < -0.39 is 5.41 Å². The van der Waals surface area contributed by atoms with Gasteiger partial charge in [-0.25, -0.2) is 9.50 Å². The van der Waals surface area contributed by atoms with E-state index >= 15 is 0 Å². The lowest BCUT2D eigenvalue weighted by Crippen LogP contribution is -2.46. The molecule has 0 radical (unpaired) electrons. The topological polar surface area (TPSA) is 98.9 Å². The summed E-state index contributed by atoms with van der Waals surface area (Å²) in [6.45, 7) is 2.14. The third-order valence-electron chi connectivity index (χ3n) is 6.13. The minimum absolute atomic E-state index is 0.00361. The van der Waals surface area contributed by atoms with E-state index in [0.717, 1.165) is 0 Å². The number of Topliss-reactive ketones (excluding diaryl/α,β-unsaturated/α-hetero) is 1. The van der Waals surface area contributed by atoms with Gasteiger partial charge >= 0.3 is 0 Å². The average molecular weight is 490 g/mol. The van der Waals surface area contributed by atoms with E-state index in [1.165, 1.54) is 24.0 Å². The number of carbonyl (C=O) groups is 2. The highest BCUT2D eigenvalue weighted by Crippen LogP contribution is 2.48. The molecule has 1 saturated heterocycles. The monoisotopic (exact) mass is 489 g/mol. The van der Waals surface area contributed by atoms with Crippen LogP contribution in [0.5, 0.6) is 5.75 Å². The lowest BCUT2D eigenvalue weighted by atomic mass is 10.0. The lowest BCUT2D eigenvalue weighted by Gasteiger charge is -2.29. The van der Waals surface area contributed by atoms with Crippen LogP contribution in [0.1, 0.15) is 34.7 Å². The van der Waals surface area contributed by atoms with Crippen LogP contribution in [0.4, 0.5) is 0 Å². The number of halogens is 2. The first-order chi connectivity index (χ1) is 15.9. The van der Waals surface area contributed by atoms with Gasteiger partial charge in [-0.15, -0.1) is 5.10 Å². The summed E-state index contributed by atoms with van der Waals surface area (Å²) < 4.78 is 12.3. The smallest absolute Gasteiger partial charge is 0.236 e. The van der Waals surface area contributed by atoms with Crippen molar-refractivity contribution in [3.05, 3.63) is 51.7 Å². The lowest BCUT2D eigenvalue weighted by molar-refractivity contribution is -0.138. The van der Waals surface area contributed by atoms with E-state index in [-0.39, 0.29) is 18.1 Å². The van der Waals surface area contributed by atoms with Crippen molar-refractivity contribution in [3.63, 3.8) is 0 Å². The zero-order valence-corrected chi connectivity index (χ0v) is 19.4. The fourth-order valence-electron chi connectivity index (χ4n) is 4.10. The predicted octanol–water partition coefficient (Wildman–Crippen LogP) is 2.76. The molecule has 5 rings (SSSR count). The number of amides is 1. The third-order valence-corrected chi connectivity index (χ3v) is 6.78. The number of morpholine rings is 1. The highest BCUT2D eigenvalue weighted by Gasteiger charge is 2.56. The minimum Gasteiger partial charge on any atom is -0.493 e. The SMILES string of the molecule is COc1ccc(C(=O)Cc2c(Cl)cncc2Cl)n2nc(C3(C(=O)N4CCOCC4)CC3)nc12. The van der Waals surface area contributed by atoms with Gasteiger partial charge in [0.1, 0.15) is 11.1 Å². The zero-order chi connectivity index (χ0) is 23.2. The molecule has 172 valence electrons. The van der Waals surface area contributed by atoms with Crippen LogP contribution in [-0.4, -0.2) is 69.6 Å². The standard InChI is InChI=1S/C22H21Cl2N5O4/c1-32-18-3-2-16(17(30)10-13-14(23)11-25-12-15(13)24)29-19(18)26-20(27-29)22(4-5-22)21(31)28-6-8-33-9-7-28/h2-3,11-12H,4-10H2,1H3. The number of hydrogen-bond acceptors (Lipinski definition) is 7. The number of methoxy groups -OCH3 is 1. The predicted molar refractivity (Wildman–Crippen MR) is 120 cm³/mol. The average Bonchev–Trinajstić information content (AvgIpc) is 3.52. The summed E-state index contributed by atoms with van der Waals surface area (Å²) in [5, 5.41) is 5.25. The Kier molecular flexibility index (Phi) is 5.72. The number of carbonyl (C=O) groups excluding carboxylic acids is 2. The highest BCUT2D eigenvalue weighted by atomic mass is 35.5. The van der Waals surface area contributed by atoms with Gasteiger partial charge in [0.25, 0.3) is 0 Å². The molecule has 11 heteroatoms. The summed E-state index contributed by atoms with van der Waals surface area (Å²) in [6, 6.07) is 3.29. The summed E-state index contributed by atoms with van der Waals surface area (Å²) in [6.07, 6.45) is 4.18. The number of hydrogen-bond donors (Lipinski definition) is 0. The fourth-order valence-corrected chi connectivity index (χ4v) is 4.60. The second-order valence-corrected chi connectivity index (χ2v) is 8.94. The van der Waals surface area contributed by atoms with Crippen molar-refractivity contribution in [1.29, 1.82) is 0 Å². The second kappa shape index (κ2) is 8.55. The Morgan fingerprint density at radius 2 is 1.85 bits per heavy atom. The van der Waals surface area contributed by atoms with Crippen LogP contribution in [0.2, 0.25) is 10.0 Å². The fraction of sp³-hybridized carbons (Fsp3) is 0.409. The largest absolute Gasteiger partial charge is 0.493 e. The van der Waals surface area contributed by atoms with Gasteiger partial charge in [-0.2, -0.15) is 0 Å². The Bertz CT molecular complexity index is 1230. The van der Waals surface area contributed by atoms with Crippen molar-refractivity contribution in [2.45, 2.75) is 24.7 Å². The number of fused-ring (bicyclic) bond motifs is 1. The molecule has 1 aliphatic heterocycles. The molecule has 1 amide bonds. The van der Waals surface area contributed by atoms with Gasteiger partial charge in [-0.05, 0) is 25.0 Å². The van der Waals surface area contributed by atoms with E-state index in [9.17, 15) is 9.59 Å². The molecular weight excluding hydrogens is 469 g/mol. The summed E-state index contributed by atoms with van der Waals surface area (Å²) in [7, 11) is 1.52. The van der Waals surface area contributed by atoms with Crippen LogP contribution in [0.3, 0.4) is 0 Å². The van der Waals surface area contributed by atoms with E-state index in [1.54, 1.807) is 17.0 Å². The Hall–Kier alpha value is -2.75. The molecule has 4 heterocycles. The van der Waals surface area contributed by atoms with Crippen LogP contribution < -0.4 is 4.74 Å². The number of ketones is 1. The molecule has 0 N–H and O–H groups in total. The Balaban J connectivity index is 1.53. The van der Waals surface area contributed by atoms with Crippen molar-refractivity contribution in [3.8, 4) is 5.75 Å². The van der Waals surface area contributed by atoms with Crippen molar-refractivity contribution in [2.75, 3.05) is 33.4 Å². The maximum absolute atomic E-state index is 13.3. The van der Waals surface area contributed by atoms with E-state index in [1.807, 2.05) is 0 Å². The van der Waals surface area contributed by atoms with Crippen LogP contribution in [0, 0.1) is 0 Å². The van der Waals surface area contributed by atoms with Gasteiger partial charge in [-0.3, -0.25) is 14.6 Å². The molecule has 1 aliphatic carbocycles. The van der Waals surface area contributed by atoms with E-state index in [4.69, 9.17) is 32.7 Å². The number of pyridine rings is 2. The number of rotatable bonds is 6. The first-order valence-electron chi connectivity index (χ1n) is 10.6. The molecule has 2 fully saturated rings. The summed E-state index contributed by atoms with van der Waals surface area (Å²) >= 11 is 12.4. The first kappa shape index (κ1) is 22.1. The molecule has 1 saturated carbocycles. The normalized spacial score (nSPS) is 17.2. The third kappa shape index (κ3) is 3.84. The minimum atomic E-state index is -0.771. The molecule has 9 nitrogen and oxygen atoms in total. The van der Waals surface area contributed by atoms with Gasteiger partial charge in [0, 0.05) is 37.5 Å². The highest BCUT2D eigenvalue weighted by molar-refractivity contribution is 6.36. The Labute approximate surface area is 199 Å². The van der Waals surface area contributed by atoms with Crippen molar-refractivity contribution >= 4 is 40.5 Å². The van der Waals surface area contributed by atoms with Crippen LogP contribution in [-0.2, 0) is 21.4 Å². The zero-order valence-electron chi connectivity index (χ0n) is 17.9. The molecule has 0 spiro atoms. The van der Waals surface area contributed by atoms with Gasteiger partial charge in [0.15, 0.2) is 23.0 Å². The van der Waals surface area contributed by atoms with E-state index in [2.05, 4.69) is 15.1 Å². The van der Waals surface area contributed by atoms with Gasteiger partial charge < -0.3 is 14.4 Å². The molecule has 0 aromatic carbocycles. The van der Waals surface area contributed by atoms with Gasteiger partial charge in [-0.1, -0.05) is 23.2 Å². The summed E-state index contributed by atoms with van der Waals surface area (Å²) in [4.78, 5) is 36.9. The van der Waals surface area contributed by atoms with Crippen molar-refractivity contribution in [2.24, 2.45) is 0 Å². The summed E-state index contributed by atoms with van der Waals surface area (Å²) in [5.41, 5.74) is 0.394. The molecule has 3 aromatic rings. The van der Waals surface area contributed by atoms with Crippen LogP contribution in [0.15, 0.2) is 24.5 Å². The van der Waals surface area contributed by atoms with Crippen molar-refractivity contribution < 1.29 is 19.1 Å². The first-order valence-corrected chi connectivity index (χ1v) is 11.3. The summed E-state index contributed by atoms with van der Waals surface area (Å²) in [5.74, 6) is 0.611. The molecule has 0 bridgehead atoms. The number of ether oxygens (including phenoxy) is 2. The van der Waals surface area contributed by atoms with Gasteiger partial charge in [0.2, 0.25) is 5.91 Å². The molecular formula is C22H21Cl2N5O4. The maximum atomic E-state index is 13.3. The molecule has 0 atom stereocenters. The molecule has 33 heavy (non-hydrogen) atoms. The van der Waals surface area contributed by atoms with Crippen LogP contribution in [0.25, 0.3) is 5.65 Å². The number of nitrogens with zero attached hydrogens (tertiary/aromatic N) is 5. The maximum Gasteiger partial charge on any atom is 0.236 e. The molecule has 3 aromatic heterocycles. The van der Waals surface area contributed by atoms with Crippen molar-refractivity contribution in [1.82, 2.24) is 24.5 Å².